The zero-order valence-corrected chi connectivity index (χ0v) is 16.5. The maximum Gasteiger partial charge on any atom is 0.416 e. The highest BCUT2D eigenvalue weighted by Gasteiger charge is 2.30. The number of amides is 1. The van der Waals surface area contributed by atoms with Crippen molar-refractivity contribution in [3.8, 4) is 5.75 Å². The summed E-state index contributed by atoms with van der Waals surface area (Å²) < 4.78 is 43.5. The quantitative estimate of drug-likeness (QED) is 0.623. The molecule has 0 unspecified atom stereocenters. The normalized spacial score (nSPS) is 12.0. The summed E-state index contributed by atoms with van der Waals surface area (Å²) in [5.41, 5.74) is -0.941. The number of aliphatic carboxylic acids is 1. The molecular formula is C22H22F3NO4. The van der Waals surface area contributed by atoms with E-state index in [0.29, 0.717) is 18.7 Å². The van der Waals surface area contributed by atoms with E-state index in [1.54, 1.807) is 24.3 Å². The number of rotatable bonds is 8. The molecule has 2 aromatic rings. The van der Waals surface area contributed by atoms with Crippen molar-refractivity contribution in [3.63, 3.8) is 0 Å². The molecule has 0 fully saturated rings. The maximum absolute atomic E-state index is 12.7. The molecule has 0 aliphatic carbocycles. The Labute approximate surface area is 172 Å². The molecule has 8 heteroatoms. The minimum atomic E-state index is -4.43. The van der Waals surface area contributed by atoms with Gasteiger partial charge in [0.15, 0.2) is 5.60 Å². The fraction of sp³-hybridized carbons (Fsp3) is 0.273. The van der Waals surface area contributed by atoms with Crippen LogP contribution in [-0.2, 0) is 22.2 Å². The molecule has 0 atom stereocenters. The Morgan fingerprint density at radius 3 is 2.37 bits per heavy atom. The number of benzene rings is 2. The standard InChI is InChI=1S/C22H22F3NO4/c1-21(2,20(28)29)30-18-9-6-15(7-10-18)12-13-26-19(27)11-8-16-4-3-5-17(14-16)22(23,24)25/h3-11,14H,12-13H2,1-2H3,(H,26,27)(H,28,29)/b11-8+. The first-order valence-corrected chi connectivity index (χ1v) is 9.12. The molecule has 2 N–H and O–H groups in total. The second-order valence-electron chi connectivity index (χ2n) is 7.06. The van der Waals surface area contributed by atoms with Crippen LogP contribution in [0.2, 0.25) is 0 Å². The van der Waals surface area contributed by atoms with Crippen LogP contribution in [0.15, 0.2) is 54.6 Å². The van der Waals surface area contributed by atoms with E-state index >= 15 is 0 Å². The van der Waals surface area contributed by atoms with Gasteiger partial charge in [-0.05, 0) is 61.7 Å². The molecule has 0 radical (unpaired) electrons. The molecule has 0 saturated heterocycles. The number of halogens is 3. The lowest BCUT2D eigenvalue weighted by Gasteiger charge is -2.21. The van der Waals surface area contributed by atoms with E-state index in [2.05, 4.69) is 5.32 Å². The molecule has 0 saturated carbocycles. The van der Waals surface area contributed by atoms with E-state index in [4.69, 9.17) is 9.84 Å². The average molecular weight is 421 g/mol. The summed E-state index contributed by atoms with van der Waals surface area (Å²) in [6.45, 7) is 3.23. The van der Waals surface area contributed by atoms with Crippen LogP contribution in [0.4, 0.5) is 13.2 Å². The van der Waals surface area contributed by atoms with Crippen molar-refractivity contribution < 1.29 is 32.6 Å². The van der Waals surface area contributed by atoms with Crippen LogP contribution in [0.5, 0.6) is 5.75 Å². The lowest BCUT2D eigenvalue weighted by atomic mass is 10.1. The van der Waals surface area contributed by atoms with Gasteiger partial charge in [0.2, 0.25) is 5.91 Å². The summed E-state index contributed by atoms with van der Waals surface area (Å²) in [6.07, 6.45) is -1.41. The number of carbonyl (C=O) groups excluding carboxylic acids is 1. The van der Waals surface area contributed by atoms with E-state index in [-0.39, 0.29) is 5.56 Å². The lowest BCUT2D eigenvalue weighted by molar-refractivity contribution is -0.152. The third kappa shape index (κ3) is 6.95. The summed E-state index contributed by atoms with van der Waals surface area (Å²) in [6, 6.07) is 11.5. The Morgan fingerprint density at radius 1 is 1.10 bits per heavy atom. The Kier molecular flexibility index (Phi) is 7.26. The largest absolute Gasteiger partial charge is 0.478 e. The summed E-state index contributed by atoms with van der Waals surface area (Å²) in [5, 5.41) is 11.7. The first kappa shape index (κ1) is 23.0. The van der Waals surface area contributed by atoms with Gasteiger partial charge in [0.25, 0.3) is 0 Å². The van der Waals surface area contributed by atoms with Crippen molar-refractivity contribution in [3.05, 3.63) is 71.3 Å². The number of carboxylic acids is 1. The van der Waals surface area contributed by atoms with Gasteiger partial charge in [-0.3, -0.25) is 4.79 Å². The van der Waals surface area contributed by atoms with Crippen LogP contribution in [-0.4, -0.2) is 29.1 Å². The van der Waals surface area contributed by atoms with Crippen LogP contribution in [0.1, 0.15) is 30.5 Å². The Morgan fingerprint density at radius 2 is 1.77 bits per heavy atom. The van der Waals surface area contributed by atoms with Gasteiger partial charge in [-0.25, -0.2) is 4.79 Å². The summed E-state index contributed by atoms with van der Waals surface area (Å²) in [5.74, 6) is -1.08. The van der Waals surface area contributed by atoms with Gasteiger partial charge in [0.1, 0.15) is 5.75 Å². The van der Waals surface area contributed by atoms with Crippen LogP contribution in [0.3, 0.4) is 0 Å². The molecule has 1 amide bonds. The minimum absolute atomic E-state index is 0.278. The van der Waals surface area contributed by atoms with Gasteiger partial charge in [-0.1, -0.05) is 24.3 Å². The fourth-order valence-electron chi connectivity index (χ4n) is 2.44. The number of carboxylic acid groups (broad SMARTS) is 1. The summed E-state index contributed by atoms with van der Waals surface area (Å²) in [4.78, 5) is 22.9. The monoisotopic (exact) mass is 421 g/mol. The highest BCUT2D eigenvalue weighted by Crippen LogP contribution is 2.29. The number of carbonyl (C=O) groups is 2. The van der Waals surface area contributed by atoms with Gasteiger partial charge < -0.3 is 15.2 Å². The van der Waals surface area contributed by atoms with E-state index in [9.17, 15) is 22.8 Å². The van der Waals surface area contributed by atoms with E-state index in [0.717, 1.165) is 17.7 Å². The van der Waals surface area contributed by atoms with Gasteiger partial charge in [0.05, 0.1) is 5.56 Å². The Balaban J connectivity index is 1.83. The van der Waals surface area contributed by atoms with Crippen LogP contribution >= 0.6 is 0 Å². The fourth-order valence-corrected chi connectivity index (χ4v) is 2.44. The predicted octanol–water partition coefficient (Wildman–Crippen LogP) is 4.32. The smallest absolute Gasteiger partial charge is 0.416 e. The van der Waals surface area contributed by atoms with Gasteiger partial charge in [-0.2, -0.15) is 13.2 Å². The minimum Gasteiger partial charge on any atom is -0.478 e. The molecule has 0 bridgehead atoms. The second-order valence-corrected chi connectivity index (χ2v) is 7.06. The highest BCUT2D eigenvalue weighted by atomic mass is 19.4. The molecule has 160 valence electrons. The second kappa shape index (κ2) is 9.47. The van der Waals surface area contributed by atoms with E-state index < -0.39 is 29.2 Å². The average Bonchev–Trinajstić information content (AvgIpc) is 2.67. The van der Waals surface area contributed by atoms with Gasteiger partial charge in [0, 0.05) is 12.6 Å². The van der Waals surface area contributed by atoms with Gasteiger partial charge >= 0.3 is 12.1 Å². The van der Waals surface area contributed by atoms with Crippen molar-refractivity contribution in [2.24, 2.45) is 0 Å². The van der Waals surface area contributed by atoms with E-state index in [1.807, 2.05) is 0 Å². The Hall–Kier alpha value is -3.29. The molecule has 2 rings (SSSR count). The molecule has 5 nitrogen and oxygen atoms in total. The number of hydrogen-bond acceptors (Lipinski definition) is 3. The molecule has 0 aromatic heterocycles. The third-order valence-electron chi connectivity index (χ3n) is 4.17. The van der Waals surface area contributed by atoms with Crippen LogP contribution < -0.4 is 10.1 Å². The van der Waals surface area contributed by atoms with Crippen molar-refractivity contribution >= 4 is 18.0 Å². The molecule has 0 spiro atoms. The first-order valence-electron chi connectivity index (χ1n) is 9.12. The Bertz CT molecular complexity index is 919. The topological polar surface area (TPSA) is 75.6 Å². The predicted molar refractivity (Wildman–Crippen MR) is 106 cm³/mol. The highest BCUT2D eigenvalue weighted by molar-refractivity contribution is 5.91. The molecule has 0 aliphatic heterocycles. The molecule has 0 aliphatic rings. The molecule has 0 heterocycles. The maximum atomic E-state index is 12.7. The van der Waals surface area contributed by atoms with E-state index in [1.165, 1.54) is 38.1 Å². The van der Waals surface area contributed by atoms with Crippen molar-refractivity contribution in [1.82, 2.24) is 5.32 Å². The molecule has 2 aromatic carbocycles. The lowest BCUT2D eigenvalue weighted by Crippen LogP contribution is -2.37. The zero-order chi connectivity index (χ0) is 22.4. The number of alkyl halides is 3. The van der Waals surface area contributed by atoms with Crippen molar-refractivity contribution in [2.45, 2.75) is 32.0 Å². The first-order chi connectivity index (χ1) is 14.0. The summed E-state index contributed by atoms with van der Waals surface area (Å²) in [7, 11) is 0. The van der Waals surface area contributed by atoms with Crippen LogP contribution in [0, 0.1) is 0 Å². The van der Waals surface area contributed by atoms with Crippen LogP contribution in [0.25, 0.3) is 6.08 Å². The van der Waals surface area contributed by atoms with Gasteiger partial charge in [-0.15, -0.1) is 0 Å². The number of nitrogens with one attached hydrogen (secondary N) is 1. The molecule has 30 heavy (non-hydrogen) atoms. The number of hydrogen-bond donors (Lipinski definition) is 2. The third-order valence-corrected chi connectivity index (χ3v) is 4.17. The number of ether oxygens (including phenoxy) is 1. The van der Waals surface area contributed by atoms with Crippen molar-refractivity contribution in [2.75, 3.05) is 6.54 Å². The zero-order valence-electron chi connectivity index (χ0n) is 16.5. The molecular weight excluding hydrogens is 399 g/mol. The van der Waals surface area contributed by atoms with Crippen molar-refractivity contribution in [1.29, 1.82) is 0 Å². The SMILES string of the molecule is CC(C)(Oc1ccc(CCNC(=O)/C=C/c2cccc(C(F)(F)F)c2)cc1)C(=O)O. The summed E-state index contributed by atoms with van der Waals surface area (Å²) >= 11 is 0.